The number of nitrogens with one attached hydrogen (secondary N) is 1. The Balaban J connectivity index is 1.67. The van der Waals surface area contributed by atoms with E-state index >= 15 is 0 Å². The molecule has 1 amide bonds. The van der Waals surface area contributed by atoms with Crippen LogP contribution in [0.2, 0.25) is 10.0 Å². The van der Waals surface area contributed by atoms with Gasteiger partial charge in [0.05, 0.1) is 10.0 Å². The van der Waals surface area contributed by atoms with E-state index in [2.05, 4.69) is 20.4 Å². The predicted molar refractivity (Wildman–Crippen MR) is 117 cm³/mol. The van der Waals surface area contributed by atoms with Crippen molar-refractivity contribution in [2.24, 2.45) is 0 Å². The highest BCUT2D eigenvalue weighted by atomic mass is 35.5. The standard InChI is InChI=1S/C20H12Cl2FN5OS/c21-14-9-15(22)16(23)8-13(14)18-19(28-11-24-10-25-28)30-20(27-18)26-17(29)7-6-12-4-2-1-3-5-12/h1-11H,(H,26,27,29). The summed E-state index contributed by atoms with van der Waals surface area (Å²) < 4.78 is 15.5. The molecule has 2 heterocycles. The molecule has 0 aliphatic carbocycles. The molecule has 2 aromatic heterocycles. The van der Waals surface area contributed by atoms with Crippen LogP contribution >= 0.6 is 34.5 Å². The number of anilines is 1. The second-order valence-electron chi connectivity index (χ2n) is 5.99. The molecule has 2 aromatic carbocycles. The lowest BCUT2D eigenvalue weighted by Gasteiger charge is -2.05. The Bertz CT molecular complexity index is 1230. The lowest BCUT2D eigenvalue weighted by Crippen LogP contribution is -2.07. The van der Waals surface area contributed by atoms with Crippen molar-refractivity contribution in [1.29, 1.82) is 0 Å². The van der Waals surface area contributed by atoms with Crippen LogP contribution in [0.5, 0.6) is 0 Å². The number of hydrogen-bond donors (Lipinski definition) is 1. The molecule has 0 aliphatic rings. The minimum atomic E-state index is -0.634. The molecule has 0 saturated heterocycles. The van der Waals surface area contributed by atoms with Gasteiger partial charge in [-0.05, 0) is 23.8 Å². The van der Waals surface area contributed by atoms with Crippen molar-refractivity contribution < 1.29 is 9.18 Å². The molecule has 30 heavy (non-hydrogen) atoms. The van der Waals surface area contributed by atoms with Crippen LogP contribution < -0.4 is 5.32 Å². The molecule has 6 nitrogen and oxygen atoms in total. The van der Waals surface area contributed by atoms with Gasteiger partial charge in [0.15, 0.2) is 5.13 Å². The van der Waals surface area contributed by atoms with Crippen LogP contribution in [0.1, 0.15) is 5.56 Å². The number of carbonyl (C=O) groups is 1. The minimum Gasteiger partial charge on any atom is -0.298 e. The van der Waals surface area contributed by atoms with Gasteiger partial charge in [-0.1, -0.05) is 64.9 Å². The minimum absolute atomic E-state index is 0.0964. The molecule has 4 rings (SSSR count). The highest BCUT2D eigenvalue weighted by molar-refractivity contribution is 7.18. The molecule has 0 aliphatic heterocycles. The summed E-state index contributed by atoms with van der Waals surface area (Å²) in [7, 11) is 0. The zero-order chi connectivity index (χ0) is 21.1. The van der Waals surface area contributed by atoms with Gasteiger partial charge >= 0.3 is 0 Å². The summed E-state index contributed by atoms with van der Waals surface area (Å²) in [6, 6.07) is 11.9. The summed E-state index contributed by atoms with van der Waals surface area (Å²) >= 11 is 13.2. The number of nitrogens with zero attached hydrogens (tertiary/aromatic N) is 4. The number of thiazole rings is 1. The van der Waals surface area contributed by atoms with E-state index in [4.69, 9.17) is 23.2 Å². The van der Waals surface area contributed by atoms with Crippen molar-refractivity contribution in [2.75, 3.05) is 5.32 Å². The number of amides is 1. The maximum absolute atomic E-state index is 14.1. The molecule has 0 spiro atoms. The molecule has 4 aromatic rings. The second kappa shape index (κ2) is 8.74. The first-order valence-electron chi connectivity index (χ1n) is 8.56. The third-order valence-corrected chi connectivity index (χ3v) is 5.52. The van der Waals surface area contributed by atoms with E-state index in [0.29, 0.717) is 21.4 Å². The fourth-order valence-corrected chi connectivity index (χ4v) is 3.98. The first-order chi connectivity index (χ1) is 14.5. The Morgan fingerprint density at radius 2 is 1.97 bits per heavy atom. The zero-order valence-corrected chi connectivity index (χ0v) is 17.4. The Kier molecular flexibility index (Phi) is 5.89. The van der Waals surface area contributed by atoms with E-state index in [-0.39, 0.29) is 16.0 Å². The lowest BCUT2D eigenvalue weighted by atomic mass is 10.1. The summed E-state index contributed by atoms with van der Waals surface area (Å²) in [5.74, 6) is -0.998. The second-order valence-corrected chi connectivity index (χ2v) is 7.78. The number of rotatable bonds is 5. The number of aromatic nitrogens is 4. The van der Waals surface area contributed by atoms with E-state index in [1.807, 2.05) is 30.3 Å². The molecular weight excluding hydrogens is 448 g/mol. The highest BCUT2D eigenvalue weighted by Crippen LogP contribution is 2.39. The summed E-state index contributed by atoms with van der Waals surface area (Å²) in [5, 5.41) is 7.73. The first kappa shape index (κ1) is 20.2. The van der Waals surface area contributed by atoms with Crippen LogP contribution in [-0.4, -0.2) is 25.7 Å². The van der Waals surface area contributed by atoms with Gasteiger partial charge in [0.2, 0.25) is 5.91 Å². The average Bonchev–Trinajstić information content (AvgIpc) is 3.40. The van der Waals surface area contributed by atoms with Crippen molar-refractivity contribution in [3.8, 4) is 16.3 Å². The number of benzene rings is 2. The molecular formula is C20H12Cl2FN5OS. The third-order valence-electron chi connectivity index (χ3n) is 3.96. The van der Waals surface area contributed by atoms with E-state index < -0.39 is 5.82 Å². The predicted octanol–water partition coefficient (Wildman–Crippen LogP) is 5.49. The molecule has 150 valence electrons. The van der Waals surface area contributed by atoms with Crippen LogP contribution in [0.3, 0.4) is 0 Å². The van der Waals surface area contributed by atoms with Crippen molar-refractivity contribution >= 4 is 51.7 Å². The van der Waals surface area contributed by atoms with Crippen LogP contribution in [0.15, 0.2) is 61.2 Å². The smallest absolute Gasteiger partial charge is 0.250 e. The van der Waals surface area contributed by atoms with Gasteiger partial charge < -0.3 is 0 Å². The van der Waals surface area contributed by atoms with Crippen LogP contribution in [0.4, 0.5) is 9.52 Å². The number of hydrogen-bond acceptors (Lipinski definition) is 5. The number of halogens is 3. The van der Waals surface area contributed by atoms with E-state index in [1.54, 1.807) is 6.08 Å². The van der Waals surface area contributed by atoms with Gasteiger partial charge in [-0.2, -0.15) is 5.10 Å². The molecule has 0 unspecified atom stereocenters. The Morgan fingerprint density at radius 3 is 2.70 bits per heavy atom. The lowest BCUT2D eigenvalue weighted by molar-refractivity contribution is -0.111. The van der Waals surface area contributed by atoms with Gasteiger partial charge in [-0.3, -0.25) is 10.1 Å². The van der Waals surface area contributed by atoms with Gasteiger partial charge in [-0.15, -0.1) is 0 Å². The Labute approximate surface area is 184 Å². The fourth-order valence-electron chi connectivity index (χ4n) is 2.60. The molecule has 10 heteroatoms. The molecule has 0 bridgehead atoms. The van der Waals surface area contributed by atoms with Gasteiger partial charge in [0.1, 0.15) is 29.2 Å². The quantitative estimate of drug-likeness (QED) is 0.316. The SMILES string of the molecule is O=C(C=Cc1ccccc1)Nc1nc(-c2cc(F)c(Cl)cc2Cl)c(-n2cncn2)s1. The molecule has 0 atom stereocenters. The summed E-state index contributed by atoms with van der Waals surface area (Å²) in [6.07, 6.45) is 5.92. The Hall–Kier alpha value is -3.07. The fraction of sp³-hybridized carbons (Fsp3) is 0. The summed E-state index contributed by atoms with van der Waals surface area (Å²) in [5.41, 5.74) is 1.55. The van der Waals surface area contributed by atoms with Gasteiger partial charge in [0, 0.05) is 11.6 Å². The van der Waals surface area contributed by atoms with Crippen molar-refractivity contribution in [3.05, 3.63) is 82.6 Å². The summed E-state index contributed by atoms with van der Waals surface area (Å²) in [4.78, 5) is 20.7. The van der Waals surface area contributed by atoms with Crippen molar-refractivity contribution in [1.82, 2.24) is 19.7 Å². The highest BCUT2D eigenvalue weighted by Gasteiger charge is 2.20. The average molecular weight is 460 g/mol. The van der Waals surface area contributed by atoms with E-state index in [1.165, 1.54) is 35.5 Å². The molecule has 1 N–H and O–H groups in total. The van der Waals surface area contributed by atoms with Crippen molar-refractivity contribution in [3.63, 3.8) is 0 Å². The monoisotopic (exact) mass is 459 g/mol. The topological polar surface area (TPSA) is 72.7 Å². The first-order valence-corrected chi connectivity index (χ1v) is 10.1. The number of carbonyl (C=O) groups excluding carboxylic acids is 1. The maximum atomic E-state index is 14.1. The van der Waals surface area contributed by atoms with E-state index in [9.17, 15) is 9.18 Å². The summed E-state index contributed by atoms with van der Waals surface area (Å²) in [6.45, 7) is 0. The zero-order valence-electron chi connectivity index (χ0n) is 15.1. The maximum Gasteiger partial charge on any atom is 0.250 e. The molecule has 0 fully saturated rings. The van der Waals surface area contributed by atoms with Crippen LogP contribution in [0.25, 0.3) is 22.3 Å². The third kappa shape index (κ3) is 4.40. The normalized spacial score (nSPS) is 11.2. The van der Waals surface area contributed by atoms with Gasteiger partial charge in [0.25, 0.3) is 0 Å². The molecule has 0 saturated carbocycles. The largest absolute Gasteiger partial charge is 0.298 e. The van der Waals surface area contributed by atoms with Crippen molar-refractivity contribution in [2.45, 2.75) is 0 Å². The van der Waals surface area contributed by atoms with E-state index in [0.717, 1.165) is 16.9 Å². The Morgan fingerprint density at radius 1 is 1.17 bits per heavy atom. The van der Waals surface area contributed by atoms with Crippen LogP contribution in [0, 0.1) is 5.82 Å². The van der Waals surface area contributed by atoms with Crippen LogP contribution in [-0.2, 0) is 4.79 Å². The van der Waals surface area contributed by atoms with Gasteiger partial charge in [-0.25, -0.2) is 19.0 Å². The molecule has 0 radical (unpaired) electrons.